The summed E-state index contributed by atoms with van der Waals surface area (Å²) in [4.78, 5) is 27.5. The van der Waals surface area contributed by atoms with Crippen LogP contribution in [0.1, 0.15) is 29.6 Å². The molecule has 0 saturated heterocycles. The number of carboxylic acid groups (broad SMARTS) is 1. The number of aliphatic carboxylic acids is 1. The second kappa shape index (κ2) is 4.86. The third kappa shape index (κ3) is 2.16. The summed E-state index contributed by atoms with van der Waals surface area (Å²) in [5.41, 5.74) is 2.39. The van der Waals surface area contributed by atoms with E-state index in [-0.39, 0.29) is 12.5 Å². The second-order valence-corrected chi connectivity index (χ2v) is 6.04. The van der Waals surface area contributed by atoms with Gasteiger partial charge in [0.05, 0.1) is 21.1 Å². The number of fused-ring (bicyclic) bond motifs is 1. The smallest absolute Gasteiger partial charge is 0.311 e. The van der Waals surface area contributed by atoms with Gasteiger partial charge in [-0.1, -0.05) is 6.42 Å². The first-order chi connectivity index (χ1) is 9.61. The number of carboxylic acids is 1. The molecule has 2 N–H and O–H groups in total. The van der Waals surface area contributed by atoms with Crippen LogP contribution in [0.25, 0.3) is 10.2 Å². The zero-order valence-corrected chi connectivity index (χ0v) is 11.6. The average Bonchev–Trinajstić information content (AvgIpc) is 2.83. The quantitative estimate of drug-likeness (QED) is 0.905. The summed E-state index contributed by atoms with van der Waals surface area (Å²) in [5, 5.41) is 12.0. The standard InChI is InChI=1S/C14H14N2O3S/c17-12(15-7-14(13(18)19)4-1-5-14)9-2-3-10-11(6-9)20-8-16-10/h2-3,6,8H,1,4-5,7H2,(H,15,17)(H,18,19). The minimum atomic E-state index is -0.818. The Kier molecular flexibility index (Phi) is 3.17. The first kappa shape index (κ1) is 13.1. The van der Waals surface area contributed by atoms with Crippen molar-refractivity contribution in [1.29, 1.82) is 0 Å². The third-order valence-electron chi connectivity index (χ3n) is 3.95. The van der Waals surface area contributed by atoms with E-state index in [4.69, 9.17) is 0 Å². The van der Waals surface area contributed by atoms with E-state index in [1.54, 1.807) is 23.7 Å². The number of aromatic nitrogens is 1. The minimum Gasteiger partial charge on any atom is -0.481 e. The Balaban J connectivity index is 1.71. The van der Waals surface area contributed by atoms with E-state index in [0.29, 0.717) is 18.4 Å². The molecule has 0 bridgehead atoms. The fourth-order valence-corrected chi connectivity index (χ4v) is 3.13. The normalized spacial score (nSPS) is 16.6. The number of nitrogens with one attached hydrogen (secondary N) is 1. The van der Waals surface area contributed by atoms with E-state index in [1.165, 1.54) is 11.3 Å². The van der Waals surface area contributed by atoms with Crippen LogP contribution < -0.4 is 5.32 Å². The van der Waals surface area contributed by atoms with Gasteiger partial charge >= 0.3 is 5.97 Å². The molecule has 1 saturated carbocycles. The van der Waals surface area contributed by atoms with Crippen LogP contribution in [-0.2, 0) is 4.79 Å². The zero-order valence-electron chi connectivity index (χ0n) is 10.8. The molecule has 0 unspecified atom stereocenters. The molecule has 3 rings (SSSR count). The van der Waals surface area contributed by atoms with Gasteiger partial charge in [-0.25, -0.2) is 4.98 Å². The van der Waals surface area contributed by atoms with Gasteiger partial charge in [-0.3, -0.25) is 9.59 Å². The van der Waals surface area contributed by atoms with Crippen molar-refractivity contribution in [1.82, 2.24) is 10.3 Å². The van der Waals surface area contributed by atoms with E-state index < -0.39 is 11.4 Å². The number of amides is 1. The molecule has 1 fully saturated rings. The predicted molar refractivity (Wildman–Crippen MR) is 75.9 cm³/mol. The van der Waals surface area contributed by atoms with Crippen molar-refractivity contribution in [3.05, 3.63) is 29.3 Å². The monoisotopic (exact) mass is 290 g/mol. The lowest BCUT2D eigenvalue weighted by Crippen LogP contribution is -2.47. The molecule has 1 aliphatic rings. The maximum atomic E-state index is 12.1. The highest BCUT2D eigenvalue weighted by Crippen LogP contribution is 2.40. The van der Waals surface area contributed by atoms with Gasteiger partial charge in [-0.2, -0.15) is 0 Å². The molecule has 20 heavy (non-hydrogen) atoms. The lowest BCUT2D eigenvalue weighted by Gasteiger charge is -2.37. The van der Waals surface area contributed by atoms with E-state index in [0.717, 1.165) is 16.6 Å². The summed E-state index contributed by atoms with van der Waals surface area (Å²) >= 11 is 1.48. The number of carbonyl (C=O) groups is 2. The molecule has 1 aromatic heterocycles. The van der Waals surface area contributed by atoms with Gasteiger partial charge in [0.2, 0.25) is 0 Å². The Bertz CT molecular complexity index is 676. The second-order valence-electron chi connectivity index (χ2n) is 5.16. The van der Waals surface area contributed by atoms with Crippen molar-refractivity contribution < 1.29 is 14.7 Å². The summed E-state index contributed by atoms with van der Waals surface area (Å²) in [7, 11) is 0. The van der Waals surface area contributed by atoms with Crippen LogP contribution >= 0.6 is 11.3 Å². The molecule has 0 aliphatic heterocycles. The summed E-state index contributed by atoms with van der Waals surface area (Å²) in [6, 6.07) is 5.30. The minimum absolute atomic E-state index is 0.196. The first-order valence-electron chi connectivity index (χ1n) is 6.46. The molecule has 0 atom stereocenters. The third-order valence-corrected chi connectivity index (χ3v) is 4.74. The first-order valence-corrected chi connectivity index (χ1v) is 7.34. The number of hydrogen-bond acceptors (Lipinski definition) is 4. The summed E-state index contributed by atoms with van der Waals surface area (Å²) in [6.45, 7) is 0.196. The van der Waals surface area contributed by atoms with Crippen LogP contribution in [0.15, 0.2) is 23.7 Å². The van der Waals surface area contributed by atoms with Gasteiger partial charge in [0.15, 0.2) is 0 Å². The maximum absolute atomic E-state index is 12.1. The Hall–Kier alpha value is -1.95. The highest BCUT2D eigenvalue weighted by molar-refractivity contribution is 7.16. The molecule has 2 aromatic rings. The van der Waals surface area contributed by atoms with Gasteiger partial charge in [-0.05, 0) is 31.0 Å². The molecule has 1 heterocycles. The number of carbonyl (C=O) groups excluding carboxylic acids is 1. The van der Waals surface area contributed by atoms with E-state index in [1.807, 2.05) is 0 Å². The maximum Gasteiger partial charge on any atom is 0.311 e. The van der Waals surface area contributed by atoms with Crippen molar-refractivity contribution in [2.45, 2.75) is 19.3 Å². The Morgan fingerprint density at radius 3 is 2.85 bits per heavy atom. The number of benzene rings is 1. The number of rotatable bonds is 4. The number of hydrogen-bond donors (Lipinski definition) is 2. The van der Waals surface area contributed by atoms with Gasteiger partial charge in [0, 0.05) is 12.1 Å². The molecule has 6 heteroatoms. The molecule has 1 aromatic carbocycles. The van der Waals surface area contributed by atoms with Gasteiger partial charge in [-0.15, -0.1) is 11.3 Å². The highest BCUT2D eigenvalue weighted by atomic mass is 32.1. The summed E-state index contributed by atoms with van der Waals surface area (Å²) < 4.78 is 0.953. The molecular weight excluding hydrogens is 276 g/mol. The predicted octanol–water partition coefficient (Wildman–Crippen LogP) is 2.28. The average molecular weight is 290 g/mol. The van der Waals surface area contributed by atoms with E-state index >= 15 is 0 Å². The number of nitrogens with zero attached hydrogens (tertiary/aromatic N) is 1. The van der Waals surface area contributed by atoms with Crippen molar-refractivity contribution >= 4 is 33.4 Å². The Labute approximate surface area is 119 Å². The van der Waals surface area contributed by atoms with Crippen LogP contribution in [0.3, 0.4) is 0 Å². The van der Waals surface area contributed by atoms with Gasteiger partial charge in [0.1, 0.15) is 0 Å². The van der Waals surface area contributed by atoms with Crippen LogP contribution in [0.2, 0.25) is 0 Å². The van der Waals surface area contributed by atoms with Crippen LogP contribution in [0.5, 0.6) is 0 Å². The zero-order chi connectivity index (χ0) is 14.2. The lowest BCUT2D eigenvalue weighted by atomic mass is 9.69. The van der Waals surface area contributed by atoms with Crippen molar-refractivity contribution in [3.63, 3.8) is 0 Å². The van der Waals surface area contributed by atoms with E-state index in [9.17, 15) is 14.7 Å². The SMILES string of the molecule is O=C(NCC1(C(=O)O)CCC1)c1ccc2ncsc2c1. The molecule has 1 aliphatic carbocycles. The Morgan fingerprint density at radius 2 is 2.20 bits per heavy atom. The topological polar surface area (TPSA) is 79.3 Å². The van der Waals surface area contributed by atoms with Crippen molar-refractivity contribution in [2.24, 2.45) is 5.41 Å². The van der Waals surface area contributed by atoms with Crippen LogP contribution in [0, 0.1) is 5.41 Å². The molecule has 104 valence electrons. The summed E-state index contributed by atoms with van der Waals surface area (Å²) in [5.74, 6) is -1.05. The van der Waals surface area contributed by atoms with Gasteiger partial charge < -0.3 is 10.4 Å². The largest absolute Gasteiger partial charge is 0.481 e. The molecule has 0 radical (unpaired) electrons. The fourth-order valence-electron chi connectivity index (χ4n) is 2.42. The molecule has 0 spiro atoms. The number of thiazole rings is 1. The fraction of sp³-hybridized carbons (Fsp3) is 0.357. The van der Waals surface area contributed by atoms with E-state index in [2.05, 4.69) is 10.3 Å². The Morgan fingerprint density at radius 1 is 1.40 bits per heavy atom. The van der Waals surface area contributed by atoms with Gasteiger partial charge in [0.25, 0.3) is 5.91 Å². The molecule has 5 nitrogen and oxygen atoms in total. The molecule has 1 amide bonds. The highest BCUT2D eigenvalue weighted by Gasteiger charge is 2.44. The lowest BCUT2D eigenvalue weighted by molar-refractivity contribution is -0.153. The summed E-state index contributed by atoms with van der Waals surface area (Å²) in [6.07, 6.45) is 2.18. The van der Waals surface area contributed by atoms with Crippen molar-refractivity contribution in [2.75, 3.05) is 6.54 Å². The van der Waals surface area contributed by atoms with Crippen LogP contribution in [0.4, 0.5) is 0 Å². The molecular formula is C14H14N2O3S. The van der Waals surface area contributed by atoms with Crippen molar-refractivity contribution in [3.8, 4) is 0 Å². The van der Waals surface area contributed by atoms with Crippen LogP contribution in [-0.4, -0.2) is 28.5 Å².